The Bertz CT molecular complexity index is 341. The summed E-state index contributed by atoms with van der Waals surface area (Å²) in [5.41, 5.74) is 4.30. The third-order valence-electron chi connectivity index (χ3n) is 3.50. The van der Waals surface area contributed by atoms with Crippen LogP contribution < -0.4 is 5.32 Å². The second-order valence-electron chi connectivity index (χ2n) is 5.38. The van der Waals surface area contributed by atoms with Gasteiger partial charge in [0, 0.05) is 6.04 Å². The Morgan fingerprint density at radius 3 is 2.47 bits per heavy atom. The molecule has 0 fully saturated rings. The minimum absolute atomic E-state index is 0.639. The average molecular weight is 233 g/mol. The predicted octanol–water partition coefficient (Wildman–Crippen LogP) is 3.87. The van der Waals surface area contributed by atoms with Gasteiger partial charge in [0.05, 0.1) is 0 Å². The zero-order valence-corrected chi connectivity index (χ0v) is 12.0. The molecular weight excluding hydrogens is 206 g/mol. The highest BCUT2D eigenvalue weighted by Gasteiger charge is 2.12. The molecule has 0 aliphatic heterocycles. The zero-order valence-electron chi connectivity index (χ0n) is 12.0. The quantitative estimate of drug-likeness (QED) is 0.786. The molecule has 1 nitrogen and oxygen atoms in total. The number of hydrogen-bond donors (Lipinski definition) is 1. The van der Waals surface area contributed by atoms with E-state index in [0.717, 1.165) is 6.54 Å². The van der Waals surface area contributed by atoms with Gasteiger partial charge in [0.15, 0.2) is 0 Å². The molecule has 0 spiro atoms. The van der Waals surface area contributed by atoms with Crippen molar-refractivity contribution < 1.29 is 0 Å². The van der Waals surface area contributed by atoms with Gasteiger partial charge in [-0.3, -0.25) is 0 Å². The number of hydrogen-bond acceptors (Lipinski definition) is 1. The van der Waals surface area contributed by atoms with E-state index < -0.39 is 0 Å². The molecule has 1 aromatic carbocycles. The first-order valence-electron chi connectivity index (χ1n) is 6.84. The molecule has 0 aliphatic carbocycles. The van der Waals surface area contributed by atoms with E-state index in [1.807, 2.05) is 0 Å². The van der Waals surface area contributed by atoms with Crippen molar-refractivity contribution >= 4 is 0 Å². The highest BCUT2D eigenvalue weighted by atomic mass is 14.9. The highest BCUT2D eigenvalue weighted by molar-refractivity contribution is 5.30. The van der Waals surface area contributed by atoms with Crippen molar-refractivity contribution in [1.29, 1.82) is 0 Å². The maximum absolute atomic E-state index is 3.59. The summed E-state index contributed by atoms with van der Waals surface area (Å²) in [6.07, 6.45) is 2.42. The molecule has 0 heterocycles. The van der Waals surface area contributed by atoms with Crippen molar-refractivity contribution in [3.8, 4) is 0 Å². The fraction of sp³-hybridized carbons (Fsp3) is 0.625. The molecule has 1 heteroatoms. The van der Waals surface area contributed by atoms with Crippen molar-refractivity contribution in [2.45, 2.75) is 53.5 Å². The molecule has 1 N–H and O–H groups in total. The molecule has 0 aliphatic rings. The topological polar surface area (TPSA) is 12.0 Å². The first-order valence-corrected chi connectivity index (χ1v) is 6.84. The Morgan fingerprint density at radius 1 is 1.18 bits per heavy atom. The standard InChI is InChI=1S/C16H27N/c1-6-17-16(12(2)3)10-9-15-11-13(4)7-8-14(15)5/h7-8,11-12,16-17H,6,9-10H2,1-5H3. The monoisotopic (exact) mass is 233 g/mol. The van der Waals surface area contributed by atoms with Gasteiger partial charge in [-0.1, -0.05) is 44.5 Å². The van der Waals surface area contributed by atoms with Gasteiger partial charge in [-0.05, 0) is 50.3 Å². The van der Waals surface area contributed by atoms with Gasteiger partial charge in [-0.25, -0.2) is 0 Å². The fourth-order valence-corrected chi connectivity index (χ4v) is 2.31. The summed E-state index contributed by atoms with van der Waals surface area (Å²) in [5, 5.41) is 3.59. The second-order valence-corrected chi connectivity index (χ2v) is 5.38. The summed E-state index contributed by atoms with van der Waals surface area (Å²) < 4.78 is 0. The van der Waals surface area contributed by atoms with Crippen LogP contribution in [0.4, 0.5) is 0 Å². The van der Waals surface area contributed by atoms with E-state index in [0.29, 0.717) is 12.0 Å². The molecule has 1 rings (SSSR count). The lowest BCUT2D eigenvalue weighted by Gasteiger charge is -2.22. The average Bonchev–Trinajstić information content (AvgIpc) is 2.28. The van der Waals surface area contributed by atoms with Gasteiger partial charge in [-0.2, -0.15) is 0 Å². The van der Waals surface area contributed by atoms with E-state index in [4.69, 9.17) is 0 Å². The lowest BCUT2D eigenvalue weighted by molar-refractivity contribution is 0.385. The Hall–Kier alpha value is -0.820. The van der Waals surface area contributed by atoms with Gasteiger partial charge in [0.2, 0.25) is 0 Å². The summed E-state index contributed by atoms with van der Waals surface area (Å²) in [5.74, 6) is 0.708. The van der Waals surface area contributed by atoms with Crippen LogP contribution in [-0.2, 0) is 6.42 Å². The van der Waals surface area contributed by atoms with Crippen molar-refractivity contribution in [2.75, 3.05) is 6.54 Å². The predicted molar refractivity (Wildman–Crippen MR) is 76.5 cm³/mol. The van der Waals surface area contributed by atoms with E-state index in [1.165, 1.54) is 29.5 Å². The first kappa shape index (κ1) is 14.2. The van der Waals surface area contributed by atoms with Crippen LogP contribution in [0.3, 0.4) is 0 Å². The lowest BCUT2D eigenvalue weighted by atomic mass is 9.94. The van der Waals surface area contributed by atoms with Crippen LogP contribution >= 0.6 is 0 Å². The molecule has 0 amide bonds. The minimum atomic E-state index is 0.639. The molecule has 0 aromatic heterocycles. The van der Waals surface area contributed by atoms with E-state index in [9.17, 15) is 0 Å². The van der Waals surface area contributed by atoms with Crippen LogP contribution in [0.25, 0.3) is 0 Å². The highest BCUT2D eigenvalue weighted by Crippen LogP contribution is 2.16. The van der Waals surface area contributed by atoms with E-state index in [1.54, 1.807) is 0 Å². The van der Waals surface area contributed by atoms with Crippen molar-refractivity contribution in [3.63, 3.8) is 0 Å². The number of nitrogens with one attached hydrogen (secondary N) is 1. The lowest BCUT2D eigenvalue weighted by Crippen LogP contribution is -2.34. The molecule has 96 valence electrons. The van der Waals surface area contributed by atoms with E-state index >= 15 is 0 Å². The maximum atomic E-state index is 3.59. The molecule has 0 saturated heterocycles. The maximum Gasteiger partial charge on any atom is 0.00931 e. The SMILES string of the molecule is CCNC(CCc1cc(C)ccc1C)C(C)C. The Balaban J connectivity index is 2.61. The van der Waals surface area contributed by atoms with Gasteiger partial charge < -0.3 is 5.32 Å². The summed E-state index contributed by atoms with van der Waals surface area (Å²) in [6, 6.07) is 7.41. The summed E-state index contributed by atoms with van der Waals surface area (Å²) in [4.78, 5) is 0. The van der Waals surface area contributed by atoms with Crippen LogP contribution in [0.2, 0.25) is 0 Å². The van der Waals surface area contributed by atoms with Crippen LogP contribution in [0.15, 0.2) is 18.2 Å². The smallest absolute Gasteiger partial charge is 0.00931 e. The minimum Gasteiger partial charge on any atom is -0.314 e. The Morgan fingerprint density at radius 2 is 1.88 bits per heavy atom. The second kappa shape index (κ2) is 6.80. The zero-order chi connectivity index (χ0) is 12.8. The molecule has 1 aromatic rings. The van der Waals surface area contributed by atoms with Crippen molar-refractivity contribution in [1.82, 2.24) is 5.32 Å². The van der Waals surface area contributed by atoms with Gasteiger partial charge in [0.25, 0.3) is 0 Å². The van der Waals surface area contributed by atoms with Gasteiger partial charge in [-0.15, -0.1) is 0 Å². The Kier molecular flexibility index (Phi) is 5.70. The molecule has 0 radical (unpaired) electrons. The normalized spacial score (nSPS) is 13.1. The summed E-state index contributed by atoms with van der Waals surface area (Å²) in [7, 11) is 0. The number of rotatable bonds is 6. The first-order chi connectivity index (χ1) is 8.04. The van der Waals surface area contributed by atoms with Crippen LogP contribution in [0, 0.1) is 19.8 Å². The van der Waals surface area contributed by atoms with E-state index in [-0.39, 0.29) is 0 Å². The largest absolute Gasteiger partial charge is 0.314 e. The number of aryl methyl sites for hydroxylation is 3. The summed E-state index contributed by atoms with van der Waals surface area (Å²) >= 11 is 0. The van der Waals surface area contributed by atoms with Crippen LogP contribution in [0.5, 0.6) is 0 Å². The van der Waals surface area contributed by atoms with Crippen molar-refractivity contribution in [3.05, 3.63) is 34.9 Å². The fourth-order valence-electron chi connectivity index (χ4n) is 2.31. The molecule has 1 atom stereocenters. The molecule has 0 saturated carbocycles. The third-order valence-corrected chi connectivity index (χ3v) is 3.50. The molecule has 17 heavy (non-hydrogen) atoms. The van der Waals surface area contributed by atoms with Crippen LogP contribution in [-0.4, -0.2) is 12.6 Å². The Labute approximate surface area is 107 Å². The van der Waals surface area contributed by atoms with Crippen molar-refractivity contribution in [2.24, 2.45) is 5.92 Å². The molecule has 0 bridgehead atoms. The third kappa shape index (κ3) is 4.51. The van der Waals surface area contributed by atoms with Gasteiger partial charge in [0.1, 0.15) is 0 Å². The van der Waals surface area contributed by atoms with E-state index in [2.05, 4.69) is 58.1 Å². The van der Waals surface area contributed by atoms with Gasteiger partial charge >= 0.3 is 0 Å². The van der Waals surface area contributed by atoms with Crippen LogP contribution in [0.1, 0.15) is 43.9 Å². The molecule has 1 unspecified atom stereocenters. The molecular formula is C16H27N. The summed E-state index contributed by atoms with van der Waals surface area (Å²) in [6.45, 7) is 12.2. The number of benzene rings is 1.